The summed E-state index contributed by atoms with van der Waals surface area (Å²) in [5.41, 5.74) is 5.24. The molecule has 16 heavy (non-hydrogen) atoms. The zero-order valence-electron chi connectivity index (χ0n) is 10.8. The molecule has 0 heterocycles. The lowest BCUT2D eigenvalue weighted by Gasteiger charge is -2.33. The molecule has 0 aromatic heterocycles. The summed E-state index contributed by atoms with van der Waals surface area (Å²) in [6.45, 7) is 8.04. The molecule has 3 nitrogen and oxygen atoms in total. The first kappa shape index (κ1) is 15.4. The Labute approximate surface area is 104 Å². The number of carbonyl (C=O) groups excluding carboxylic acids is 1. The zero-order valence-corrected chi connectivity index (χ0v) is 11.6. The van der Waals surface area contributed by atoms with Crippen LogP contribution in [0.2, 0.25) is 0 Å². The number of hydrogen-bond donors (Lipinski definition) is 2. The molecule has 94 valence electrons. The Kier molecular flexibility index (Phi) is 6.56. The maximum Gasteiger partial charge on any atom is 0.223 e. The van der Waals surface area contributed by atoms with Gasteiger partial charge in [0, 0.05) is 5.92 Å². The predicted molar refractivity (Wildman–Crippen MR) is 72.3 cm³/mol. The number of thiocarbonyl (C=S) groups is 1. The van der Waals surface area contributed by atoms with Gasteiger partial charge in [0.1, 0.15) is 0 Å². The van der Waals surface area contributed by atoms with Crippen molar-refractivity contribution in [1.82, 2.24) is 5.32 Å². The van der Waals surface area contributed by atoms with Crippen LogP contribution in [0.1, 0.15) is 53.4 Å². The summed E-state index contributed by atoms with van der Waals surface area (Å²) in [5.74, 6) is 0.133. The Balaban J connectivity index is 4.76. The molecule has 0 aliphatic carbocycles. The molecule has 0 aliphatic rings. The van der Waals surface area contributed by atoms with Crippen molar-refractivity contribution < 1.29 is 4.79 Å². The molecule has 0 unspecified atom stereocenters. The largest absolute Gasteiger partial charge is 0.391 e. The fraction of sp³-hybridized carbons (Fsp3) is 0.833. The van der Waals surface area contributed by atoms with Crippen LogP contribution in [0.15, 0.2) is 0 Å². The molecule has 0 aromatic carbocycles. The van der Waals surface area contributed by atoms with Gasteiger partial charge in [-0.2, -0.15) is 0 Å². The van der Waals surface area contributed by atoms with Crippen molar-refractivity contribution in [3.63, 3.8) is 0 Å². The topological polar surface area (TPSA) is 55.1 Å². The standard InChI is InChI=1S/C12H24N2OS/c1-5-9(6-2)10(15)14-12(7-3,8-4)11(13)16/h9H,5-8H2,1-4H3,(H2,13,16)(H,14,15). The van der Waals surface area contributed by atoms with E-state index >= 15 is 0 Å². The van der Waals surface area contributed by atoms with Gasteiger partial charge in [0.25, 0.3) is 0 Å². The second-order valence-electron chi connectivity index (χ2n) is 4.16. The number of carbonyl (C=O) groups is 1. The van der Waals surface area contributed by atoms with E-state index in [2.05, 4.69) is 5.32 Å². The van der Waals surface area contributed by atoms with Crippen molar-refractivity contribution in [3.05, 3.63) is 0 Å². The Bertz CT molecular complexity index is 245. The molecule has 0 atom stereocenters. The normalized spacial score (nSPS) is 11.6. The summed E-state index contributed by atoms with van der Waals surface area (Å²) in [5, 5.41) is 3.03. The zero-order chi connectivity index (χ0) is 12.8. The molecule has 0 saturated carbocycles. The number of nitrogens with two attached hydrogens (primary N) is 1. The summed E-state index contributed by atoms with van der Waals surface area (Å²) >= 11 is 5.07. The van der Waals surface area contributed by atoms with Crippen LogP contribution in [-0.4, -0.2) is 16.4 Å². The first-order chi connectivity index (χ1) is 7.47. The van der Waals surface area contributed by atoms with Gasteiger partial charge >= 0.3 is 0 Å². The molecule has 0 bridgehead atoms. The first-order valence-corrected chi connectivity index (χ1v) is 6.50. The van der Waals surface area contributed by atoms with Crippen LogP contribution in [0.5, 0.6) is 0 Å². The predicted octanol–water partition coefficient (Wildman–Crippen LogP) is 2.38. The number of amides is 1. The minimum absolute atomic E-state index is 0.0619. The highest BCUT2D eigenvalue weighted by molar-refractivity contribution is 7.80. The smallest absolute Gasteiger partial charge is 0.223 e. The van der Waals surface area contributed by atoms with Crippen LogP contribution >= 0.6 is 12.2 Å². The fourth-order valence-corrected chi connectivity index (χ4v) is 2.17. The lowest BCUT2D eigenvalue weighted by molar-refractivity contribution is -0.126. The van der Waals surface area contributed by atoms with Crippen molar-refractivity contribution in [3.8, 4) is 0 Å². The van der Waals surface area contributed by atoms with Gasteiger partial charge in [-0.15, -0.1) is 0 Å². The van der Waals surface area contributed by atoms with Gasteiger partial charge in [0.05, 0.1) is 10.5 Å². The minimum atomic E-state index is -0.505. The van der Waals surface area contributed by atoms with Crippen LogP contribution in [0, 0.1) is 5.92 Å². The maximum atomic E-state index is 12.0. The fourth-order valence-electron chi connectivity index (χ4n) is 1.83. The summed E-state index contributed by atoms with van der Waals surface area (Å²) < 4.78 is 0. The SMILES string of the molecule is CCC(CC)C(=O)NC(CC)(CC)C(N)=S. The molecular weight excluding hydrogens is 220 g/mol. The molecule has 0 fully saturated rings. The molecule has 3 N–H and O–H groups in total. The molecule has 0 rings (SSSR count). The maximum absolute atomic E-state index is 12.0. The average molecular weight is 244 g/mol. The van der Waals surface area contributed by atoms with Crippen LogP contribution in [0.25, 0.3) is 0 Å². The Morgan fingerprint density at radius 1 is 1.25 bits per heavy atom. The number of hydrogen-bond acceptors (Lipinski definition) is 2. The van der Waals surface area contributed by atoms with E-state index in [0.717, 1.165) is 25.7 Å². The Morgan fingerprint density at radius 2 is 1.69 bits per heavy atom. The van der Waals surface area contributed by atoms with Crippen molar-refractivity contribution in [1.29, 1.82) is 0 Å². The van der Waals surface area contributed by atoms with E-state index in [1.807, 2.05) is 27.7 Å². The van der Waals surface area contributed by atoms with Gasteiger partial charge < -0.3 is 11.1 Å². The molecule has 0 aliphatic heterocycles. The van der Waals surface area contributed by atoms with Crippen molar-refractivity contribution in [2.24, 2.45) is 11.7 Å². The van der Waals surface area contributed by atoms with Crippen molar-refractivity contribution in [2.45, 2.75) is 58.9 Å². The van der Waals surface area contributed by atoms with Crippen LogP contribution in [0.4, 0.5) is 0 Å². The van der Waals surface area contributed by atoms with E-state index in [4.69, 9.17) is 18.0 Å². The third-order valence-electron chi connectivity index (χ3n) is 3.40. The van der Waals surface area contributed by atoms with Crippen molar-refractivity contribution in [2.75, 3.05) is 0 Å². The highest BCUT2D eigenvalue weighted by atomic mass is 32.1. The molecule has 0 aromatic rings. The second-order valence-corrected chi connectivity index (χ2v) is 4.60. The summed E-state index contributed by atoms with van der Waals surface area (Å²) in [6.07, 6.45) is 3.18. The Morgan fingerprint density at radius 3 is 1.94 bits per heavy atom. The number of rotatable bonds is 7. The van der Waals surface area contributed by atoms with E-state index in [1.54, 1.807) is 0 Å². The van der Waals surface area contributed by atoms with Crippen molar-refractivity contribution >= 4 is 23.1 Å². The average Bonchev–Trinajstić information content (AvgIpc) is 2.27. The van der Waals surface area contributed by atoms with Gasteiger partial charge in [-0.05, 0) is 25.7 Å². The monoisotopic (exact) mass is 244 g/mol. The van der Waals surface area contributed by atoms with Crippen LogP contribution in [-0.2, 0) is 4.79 Å². The Hall–Kier alpha value is -0.640. The van der Waals surface area contributed by atoms with E-state index in [-0.39, 0.29) is 11.8 Å². The van der Waals surface area contributed by atoms with E-state index in [1.165, 1.54) is 0 Å². The third-order valence-corrected chi connectivity index (χ3v) is 3.79. The second kappa shape index (κ2) is 6.84. The summed E-state index contributed by atoms with van der Waals surface area (Å²) in [7, 11) is 0. The lowest BCUT2D eigenvalue weighted by atomic mass is 9.91. The molecule has 0 saturated heterocycles. The quantitative estimate of drug-likeness (QED) is 0.676. The van der Waals surface area contributed by atoms with Gasteiger partial charge in [-0.25, -0.2) is 0 Å². The van der Waals surface area contributed by atoms with E-state index in [9.17, 15) is 4.79 Å². The van der Waals surface area contributed by atoms with Crippen LogP contribution in [0.3, 0.4) is 0 Å². The third kappa shape index (κ3) is 3.44. The van der Waals surface area contributed by atoms with Gasteiger partial charge in [0.2, 0.25) is 5.91 Å². The molecule has 0 radical (unpaired) electrons. The minimum Gasteiger partial charge on any atom is -0.391 e. The summed E-state index contributed by atoms with van der Waals surface area (Å²) in [6, 6.07) is 0. The van der Waals surface area contributed by atoms with E-state index < -0.39 is 5.54 Å². The highest BCUT2D eigenvalue weighted by Crippen LogP contribution is 2.18. The van der Waals surface area contributed by atoms with Gasteiger partial charge in [-0.3, -0.25) is 4.79 Å². The van der Waals surface area contributed by atoms with Gasteiger partial charge in [-0.1, -0.05) is 39.9 Å². The lowest BCUT2D eigenvalue weighted by Crippen LogP contribution is -2.57. The molecular formula is C12H24N2OS. The summed E-state index contributed by atoms with van der Waals surface area (Å²) in [4.78, 5) is 12.4. The molecule has 0 spiro atoms. The highest BCUT2D eigenvalue weighted by Gasteiger charge is 2.32. The van der Waals surface area contributed by atoms with Crippen LogP contribution < -0.4 is 11.1 Å². The van der Waals surface area contributed by atoms with E-state index in [0.29, 0.717) is 4.99 Å². The van der Waals surface area contributed by atoms with Gasteiger partial charge in [0.15, 0.2) is 0 Å². The molecule has 4 heteroatoms. The first-order valence-electron chi connectivity index (χ1n) is 6.09. The molecule has 1 amide bonds. The number of nitrogens with one attached hydrogen (secondary N) is 1.